The van der Waals surface area contributed by atoms with Gasteiger partial charge in [-0.05, 0) is 38.5 Å². The van der Waals surface area contributed by atoms with Gasteiger partial charge in [-0.3, -0.25) is 14.2 Å². The number of hydrogen-bond donors (Lipinski definition) is 0. The summed E-state index contributed by atoms with van der Waals surface area (Å²) in [7, 11) is 0. The zero-order chi connectivity index (χ0) is 22.0. The monoisotopic (exact) mass is 419 g/mol. The van der Waals surface area contributed by atoms with Gasteiger partial charge in [-0.2, -0.15) is 0 Å². The first-order valence-corrected chi connectivity index (χ1v) is 10.6. The fourth-order valence-electron chi connectivity index (χ4n) is 3.98. The highest BCUT2D eigenvalue weighted by Crippen LogP contribution is 2.23. The van der Waals surface area contributed by atoms with Crippen molar-refractivity contribution in [3.05, 3.63) is 75.8 Å². The second-order valence-electron chi connectivity index (χ2n) is 7.53. The number of carbonyl (C=O) groups excluding carboxylic acids is 2. The average Bonchev–Trinajstić information content (AvgIpc) is 3.27. The number of rotatable bonds is 6. The van der Waals surface area contributed by atoms with Gasteiger partial charge in [0.15, 0.2) is 0 Å². The number of aromatic nitrogens is 2. The van der Waals surface area contributed by atoms with Crippen molar-refractivity contribution >= 4 is 22.8 Å². The lowest BCUT2D eigenvalue weighted by Crippen LogP contribution is -2.36. The van der Waals surface area contributed by atoms with Crippen molar-refractivity contribution in [1.29, 1.82) is 0 Å². The Hall–Kier alpha value is -3.48. The molecule has 31 heavy (non-hydrogen) atoms. The summed E-state index contributed by atoms with van der Waals surface area (Å²) >= 11 is 0. The van der Waals surface area contributed by atoms with Crippen molar-refractivity contribution in [2.24, 2.45) is 0 Å². The highest BCUT2D eigenvalue weighted by molar-refractivity contribution is 5.96. The third-order valence-electron chi connectivity index (χ3n) is 5.68. The Labute approximate surface area is 180 Å². The topological polar surface area (TPSA) is 81.5 Å². The van der Waals surface area contributed by atoms with Crippen molar-refractivity contribution in [1.82, 2.24) is 14.5 Å². The van der Waals surface area contributed by atoms with E-state index < -0.39 is 12.1 Å². The van der Waals surface area contributed by atoms with Crippen molar-refractivity contribution in [2.45, 2.75) is 39.3 Å². The zero-order valence-corrected chi connectivity index (χ0v) is 17.7. The summed E-state index contributed by atoms with van der Waals surface area (Å²) in [5, 5.41) is 0.473. The van der Waals surface area contributed by atoms with E-state index in [0.717, 1.165) is 18.7 Å². The summed E-state index contributed by atoms with van der Waals surface area (Å²) in [5.41, 5.74) is 1.26. The Kier molecular flexibility index (Phi) is 5.84. The SMILES string of the molecule is CCN(CC)C(=O)[C@@H](OC(=O)c1ccc2c(=O)n3c(nc2c1)CCC3)c1ccccc1. The maximum atomic E-state index is 13.1. The number of amides is 1. The van der Waals surface area contributed by atoms with E-state index in [9.17, 15) is 14.4 Å². The Morgan fingerprint density at radius 1 is 1.13 bits per heavy atom. The summed E-state index contributed by atoms with van der Waals surface area (Å²) in [4.78, 5) is 44.9. The molecule has 1 amide bonds. The van der Waals surface area contributed by atoms with Crippen molar-refractivity contribution < 1.29 is 14.3 Å². The number of hydrogen-bond acceptors (Lipinski definition) is 5. The molecule has 1 aliphatic rings. The minimum Gasteiger partial charge on any atom is -0.444 e. The van der Waals surface area contributed by atoms with Gasteiger partial charge in [-0.25, -0.2) is 9.78 Å². The van der Waals surface area contributed by atoms with Crippen LogP contribution in [0.4, 0.5) is 0 Å². The zero-order valence-electron chi connectivity index (χ0n) is 17.7. The molecule has 1 aliphatic heterocycles. The fraction of sp³-hybridized carbons (Fsp3) is 0.333. The van der Waals surface area contributed by atoms with E-state index in [-0.39, 0.29) is 17.0 Å². The number of aryl methyl sites for hydroxylation is 1. The van der Waals surface area contributed by atoms with E-state index >= 15 is 0 Å². The van der Waals surface area contributed by atoms with Gasteiger partial charge in [0.1, 0.15) is 5.82 Å². The van der Waals surface area contributed by atoms with Gasteiger partial charge < -0.3 is 9.64 Å². The van der Waals surface area contributed by atoms with Gasteiger partial charge in [0.05, 0.1) is 16.5 Å². The van der Waals surface area contributed by atoms with E-state index in [0.29, 0.717) is 36.1 Å². The van der Waals surface area contributed by atoms with Crippen LogP contribution in [0.1, 0.15) is 48.1 Å². The molecule has 0 saturated heterocycles. The van der Waals surface area contributed by atoms with E-state index in [1.54, 1.807) is 51.9 Å². The third-order valence-corrected chi connectivity index (χ3v) is 5.68. The van der Waals surface area contributed by atoms with Crippen LogP contribution in [0, 0.1) is 0 Å². The van der Waals surface area contributed by atoms with E-state index in [1.807, 2.05) is 19.9 Å². The number of esters is 1. The van der Waals surface area contributed by atoms with Gasteiger partial charge in [0.2, 0.25) is 6.10 Å². The minimum atomic E-state index is -1.04. The van der Waals surface area contributed by atoms with E-state index in [2.05, 4.69) is 4.98 Å². The molecule has 0 bridgehead atoms. The molecule has 1 aromatic heterocycles. The molecule has 0 unspecified atom stereocenters. The molecule has 160 valence electrons. The van der Waals surface area contributed by atoms with Gasteiger partial charge in [0.25, 0.3) is 11.5 Å². The van der Waals surface area contributed by atoms with Crippen molar-refractivity contribution in [3.8, 4) is 0 Å². The first-order valence-electron chi connectivity index (χ1n) is 10.6. The van der Waals surface area contributed by atoms with Crippen LogP contribution >= 0.6 is 0 Å². The summed E-state index contributed by atoms with van der Waals surface area (Å²) in [6.07, 6.45) is 0.594. The number of ether oxygens (including phenoxy) is 1. The number of fused-ring (bicyclic) bond motifs is 2. The molecule has 0 fully saturated rings. The van der Waals surface area contributed by atoms with Crippen LogP contribution < -0.4 is 5.56 Å². The molecule has 2 heterocycles. The Bertz CT molecular complexity index is 1180. The lowest BCUT2D eigenvalue weighted by Gasteiger charge is -2.25. The Morgan fingerprint density at radius 3 is 2.58 bits per heavy atom. The third kappa shape index (κ3) is 3.95. The summed E-state index contributed by atoms with van der Waals surface area (Å²) < 4.78 is 7.39. The first kappa shape index (κ1) is 20.8. The lowest BCUT2D eigenvalue weighted by molar-refractivity contribution is -0.140. The number of benzene rings is 2. The number of nitrogens with zero attached hydrogens (tertiary/aromatic N) is 3. The molecule has 3 aromatic rings. The standard InChI is InChI=1S/C24H25N3O4/c1-3-26(4-2)23(29)21(16-9-6-5-7-10-16)31-24(30)17-12-13-18-19(15-17)25-20-11-8-14-27(20)22(18)28/h5-7,9-10,12-13,15,21H,3-4,8,11,14H2,1-2H3/t21-/m0/s1. The average molecular weight is 419 g/mol. The molecule has 0 aliphatic carbocycles. The van der Waals surface area contributed by atoms with E-state index in [1.165, 1.54) is 0 Å². The molecule has 7 nitrogen and oxygen atoms in total. The van der Waals surface area contributed by atoms with Crippen molar-refractivity contribution in [2.75, 3.05) is 13.1 Å². The molecular weight excluding hydrogens is 394 g/mol. The Balaban J connectivity index is 1.67. The molecule has 7 heteroatoms. The maximum Gasteiger partial charge on any atom is 0.339 e. The highest BCUT2D eigenvalue weighted by atomic mass is 16.5. The van der Waals surface area contributed by atoms with Crippen LogP contribution in [-0.4, -0.2) is 39.4 Å². The second kappa shape index (κ2) is 8.71. The molecule has 2 aromatic carbocycles. The molecule has 0 saturated carbocycles. The Morgan fingerprint density at radius 2 is 1.87 bits per heavy atom. The molecule has 1 atom stereocenters. The van der Waals surface area contributed by atoms with Gasteiger partial charge >= 0.3 is 5.97 Å². The summed E-state index contributed by atoms with van der Waals surface area (Å²) in [6, 6.07) is 13.7. The van der Waals surface area contributed by atoms with Crippen LogP contribution in [-0.2, 0) is 22.5 Å². The van der Waals surface area contributed by atoms with Crippen LogP contribution in [0.15, 0.2) is 53.3 Å². The van der Waals surface area contributed by atoms with Crippen LogP contribution in [0.2, 0.25) is 0 Å². The summed E-state index contributed by atoms with van der Waals surface area (Å²) in [5.74, 6) is -0.153. The van der Waals surface area contributed by atoms with Gasteiger partial charge in [0, 0.05) is 31.6 Å². The normalized spacial score (nSPS) is 13.6. The van der Waals surface area contributed by atoms with Crippen LogP contribution in [0.3, 0.4) is 0 Å². The van der Waals surface area contributed by atoms with Crippen LogP contribution in [0.25, 0.3) is 10.9 Å². The number of carbonyl (C=O) groups is 2. The van der Waals surface area contributed by atoms with E-state index in [4.69, 9.17) is 4.74 Å². The fourth-order valence-corrected chi connectivity index (χ4v) is 3.98. The molecule has 0 spiro atoms. The lowest BCUT2D eigenvalue weighted by atomic mass is 10.1. The molecule has 4 rings (SSSR count). The highest BCUT2D eigenvalue weighted by Gasteiger charge is 2.29. The predicted octanol–water partition coefficient (Wildman–Crippen LogP) is 3.11. The quantitative estimate of drug-likeness (QED) is 0.574. The van der Waals surface area contributed by atoms with Gasteiger partial charge in [-0.1, -0.05) is 30.3 Å². The molecule has 0 radical (unpaired) electrons. The first-order chi connectivity index (χ1) is 15.0. The summed E-state index contributed by atoms with van der Waals surface area (Å²) in [6.45, 7) is 5.48. The van der Waals surface area contributed by atoms with Gasteiger partial charge in [-0.15, -0.1) is 0 Å². The predicted molar refractivity (Wildman–Crippen MR) is 117 cm³/mol. The smallest absolute Gasteiger partial charge is 0.339 e. The molecular formula is C24H25N3O4. The largest absolute Gasteiger partial charge is 0.444 e. The van der Waals surface area contributed by atoms with Crippen molar-refractivity contribution in [3.63, 3.8) is 0 Å². The second-order valence-corrected chi connectivity index (χ2v) is 7.53. The minimum absolute atomic E-state index is 0.0868. The van der Waals surface area contributed by atoms with Crippen LogP contribution in [0.5, 0.6) is 0 Å². The molecule has 0 N–H and O–H groups in total. The maximum absolute atomic E-state index is 13.1. The number of likely N-dealkylation sites (N-methyl/N-ethyl adjacent to an activating group) is 1.